The van der Waals surface area contributed by atoms with Gasteiger partial charge in [-0.25, -0.2) is 18.2 Å². The Hall–Kier alpha value is -2.88. The number of amides is 1. The monoisotopic (exact) mass is 448 g/mol. The Morgan fingerprint density at radius 2 is 1.77 bits per heavy atom. The lowest BCUT2D eigenvalue weighted by Gasteiger charge is -2.33. The van der Waals surface area contributed by atoms with Crippen LogP contribution in [0, 0.1) is 0 Å². The average molecular weight is 449 g/mol. The fourth-order valence-electron chi connectivity index (χ4n) is 3.11. The Morgan fingerprint density at radius 3 is 2.35 bits per heavy atom. The van der Waals surface area contributed by atoms with Crippen LogP contribution < -0.4 is 15.0 Å². The maximum Gasteiger partial charge on any atom is 0.407 e. The van der Waals surface area contributed by atoms with Gasteiger partial charge >= 0.3 is 6.09 Å². The van der Waals surface area contributed by atoms with E-state index in [1.54, 1.807) is 18.2 Å². The van der Waals surface area contributed by atoms with Crippen LogP contribution in [0.25, 0.3) is 0 Å². The van der Waals surface area contributed by atoms with Crippen molar-refractivity contribution in [2.75, 3.05) is 24.2 Å². The molecule has 10 heteroatoms. The Labute approximate surface area is 182 Å². The number of alkyl carbamates (subject to hydrolysis) is 1. The van der Waals surface area contributed by atoms with Gasteiger partial charge in [0.25, 0.3) is 5.16 Å². The van der Waals surface area contributed by atoms with Crippen LogP contribution in [0.5, 0.6) is 11.6 Å². The maximum absolute atomic E-state index is 12.1. The summed E-state index contributed by atoms with van der Waals surface area (Å²) in [4.78, 5) is 22.3. The Morgan fingerprint density at radius 1 is 1.13 bits per heavy atom. The second-order valence-corrected chi connectivity index (χ2v) is 10.4. The van der Waals surface area contributed by atoms with Gasteiger partial charge < -0.3 is 19.7 Å². The molecule has 0 radical (unpaired) electrons. The zero-order valence-corrected chi connectivity index (χ0v) is 19.0. The van der Waals surface area contributed by atoms with Crippen LogP contribution >= 0.6 is 0 Å². The molecule has 2 aromatic rings. The number of ether oxygens (including phenoxy) is 2. The van der Waals surface area contributed by atoms with Crippen LogP contribution in [-0.2, 0) is 14.6 Å². The van der Waals surface area contributed by atoms with E-state index in [1.807, 2.05) is 43.9 Å². The summed E-state index contributed by atoms with van der Waals surface area (Å²) in [5, 5.41) is 2.60. The lowest BCUT2D eigenvalue weighted by atomic mass is 10.1. The number of nitrogens with zero attached hydrogens (tertiary/aromatic N) is 3. The van der Waals surface area contributed by atoms with Crippen LogP contribution in [-0.4, -0.2) is 55.5 Å². The van der Waals surface area contributed by atoms with Crippen molar-refractivity contribution in [1.29, 1.82) is 0 Å². The number of hydrogen-bond acceptors (Lipinski definition) is 8. The molecule has 31 heavy (non-hydrogen) atoms. The summed E-state index contributed by atoms with van der Waals surface area (Å²) in [6.45, 7) is 6.63. The van der Waals surface area contributed by atoms with Gasteiger partial charge in [0, 0.05) is 31.5 Å². The predicted molar refractivity (Wildman–Crippen MR) is 116 cm³/mol. The lowest BCUT2D eigenvalue weighted by Crippen LogP contribution is -2.46. The van der Waals surface area contributed by atoms with Gasteiger partial charge in [-0.1, -0.05) is 18.2 Å². The number of piperidine rings is 1. The third kappa shape index (κ3) is 6.81. The van der Waals surface area contributed by atoms with E-state index in [1.165, 1.54) is 0 Å². The third-order valence-corrected chi connectivity index (χ3v) is 5.35. The highest BCUT2D eigenvalue weighted by molar-refractivity contribution is 7.90. The van der Waals surface area contributed by atoms with E-state index in [4.69, 9.17) is 9.47 Å². The van der Waals surface area contributed by atoms with Crippen molar-refractivity contribution in [1.82, 2.24) is 15.3 Å². The second kappa shape index (κ2) is 9.09. The largest absolute Gasteiger partial charge is 0.444 e. The molecule has 1 N–H and O–H groups in total. The van der Waals surface area contributed by atoms with Crippen molar-refractivity contribution >= 4 is 21.7 Å². The number of benzene rings is 1. The van der Waals surface area contributed by atoms with E-state index >= 15 is 0 Å². The molecule has 9 nitrogen and oxygen atoms in total. The fraction of sp³-hybridized carbons (Fsp3) is 0.476. The number of aromatic nitrogens is 2. The molecule has 0 unspecified atom stereocenters. The fourth-order valence-corrected chi connectivity index (χ4v) is 3.62. The quantitative estimate of drug-likeness (QED) is 0.695. The molecule has 1 aliphatic heterocycles. The minimum absolute atomic E-state index is 0.0256. The summed E-state index contributed by atoms with van der Waals surface area (Å²) in [7, 11) is -3.63. The highest BCUT2D eigenvalue weighted by Gasteiger charge is 2.26. The van der Waals surface area contributed by atoms with E-state index in [2.05, 4.69) is 15.3 Å². The van der Waals surface area contributed by atoms with Gasteiger partial charge in [-0.3, -0.25) is 0 Å². The Bertz CT molecular complexity index is 1010. The number of hydrogen-bond donors (Lipinski definition) is 1. The normalized spacial score (nSPS) is 15.4. The summed E-state index contributed by atoms with van der Waals surface area (Å²) in [5.41, 5.74) is -0.553. The summed E-state index contributed by atoms with van der Waals surface area (Å²) in [6, 6.07) is 10.6. The summed E-state index contributed by atoms with van der Waals surface area (Å²) >= 11 is 0. The molecular formula is C21H28N4O5S. The lowest BCUT2D eigenvalue weighted by molar-refractivity contribution is 0.0497. The van der Waals surface area contributed by atoms with Gasteiger partial charge in [0.1, 0.15) is 17.2 Å². The molecule has 0 aliphatic carbocycles. The van der Waals surface area contributed by atoms with Crippen molar-refractivity contribution in [3.63, 3.8) is 0 Å². The smallest absolute Gasteiger partial charge is 0.407 e. The second-order valence-electron chi connectivity index (χ2n) is 8.44. The minimum Gasteiger partial charge on any atom is -0.444 e. The topological polar surface area (TPSA) is 111 Å². The van der Waals surface area contributed by atoms with E-state index in [0.717, 1.165) is 6.26 Å². The SMILES string of the molecule is CC(C)(C)OC(=O)NC1CCN(c2cc(Oc3ccccc3)nc(S(C)(=O)=O)n2)CC1. The highest BCUT2D eigenvalue weighted by Crippen LogP contribution is 2.26. The van der Waals surface area contributed by atoms with Crippen molar-refractivity contribution < 1.29 is 22.7 Å². The number of sulfone groups is 1. The Balaban J connectivity index is 1.72. The van der Waals surface area contributed by atoms with Gasteiger partial charge in [-0.2, -0.15) is 4.98 Å². The van der Waals surface area contributed by atoms with Crippen molar-refractivity contribution in [2.45, 2.75) is 50.4 Å². The first kappa shape index (κ1) is 22.8. The number of para-hydroxylation sites is 1. The van der Waals surface area contributed by atoms with Gasteiger partial charge in [0.05, 0.1) is 0 Å². The minimum atomic E-state index is -3.63. The van der Waals surface area contributed by atoms with Crippen LogP contribution in [0.3, 0.4) is 0 Å². The number of anilines is 1. The molecule has 0 saturated carbocycles. The number of carbonyl (C=O) groups is 1. The first-order valence-corrected chi connectivity index (χ1v) is 12.0. The van der Waals surface area contributed by atoms with Crippen molar-refractivity contribution in [3.8, 4) is 11.6 Å². The van der Waals surface area contributed by atoms with Crippen LogP contribution in [0.1, 0.15) is 33.6 Å². The molecule has 1 aliphatic rings. The zero-order chi connectivity index (χ0) is 22.6. The summed E-state index contributed by atoms with van der Waals surface area (Å²) < 4.78 is 35.3. The highest BCUT2D eigenvalue weighted by atomic mass is 32.2. The standard InChI is InChI=1S/C21H28N4O5S/c1-21(2,3)30-20(26)22-15-10-12-25(13-11-15)17-14-18(24-19(23-17)31(4,27)28)29-16-8-6-5-7-9-16/h5-9,14-15H,10-13H2,1-4H3,(H,22,26). The molecule has 2 heterocycles. The van der Waals surface area contributed by atoms with Crippen molar-refractivity contribution in [3.05, 3.63) is 36.4 Å². The first-order valence-electron chi connectivity index (χ1n) is 10.1. The molecule has 1 aromatic heterocycles. The predicted octanol–water partition coefficient (Wildman–Crippen LogP) is 3.17. The molecular weight excluding hydrogens is 420 g/mol. The van der Waals surface area contributed by atoms with Gasteiger partial charge in [-0.05, 0) is 45.7 Å². The zero-order valence-electron chi connectivity index (χ0n) is 18.2. The number of rotatable bonds is 5. The molecule has 0 spiro atoms. The third-order valence-electron chi connectivity index (χ3n) is 4.51. The van der Waals surface area contributed by atoms with Crippen LogP contribution in [0.2, 0.25) is 0 Å². The van der Waals surface area contributed by atoms with Gasteiger partial charge in [-0.15, -0.1) is 0 Å². The van der Waals surface area contributed by atoms with Crippen LogP contribution in [0.4, 0.5) is 10.6 Å². The van der Waals surface area contributed by atoms with Gasteiger partial charge in [0.15, 0.2) is 0 Å². The molecule has 0 atom stereocenters. The van der Waals surface area contributed by atoms with E-state index in [9.17, 15) is 13.2 Å². The van der Waals surface area contributed by atoms with Crippen LogP contribution in [0.15, 0.2) is 41.6 Å². The summed E-state index contributed by atoms with van der Waals surface area (Å²) in [5.74, 6) is 1.18. The van der Waals surface area contributed by atoms with E-state index in [-0.39, 0.29) is 17.1 Å². The molecule has 1 aromatic carbocycles. The Kier molecular flexibility index (Phi) is 6.68. The van der Waals surface area contributed by atoms with E-state index in [0.29, 0.717) is 37.5 Å². The number of nitrogens with one attached hydrogen (secondary N) is 1. The molecule has 0 bridgehead atoms. The van der Waals surface area contributed by atoms with Gasteiger partial charge in [0.2, 0.25) is 15.7 Å². The first-order chi connectivity index (χ1) is 14.5. The maximum atomic E-state index is 12.1. The van der Waals surface area contributed by atoms with Crippen molar-refractivity contribution in [2.24, 2.45) is 0 Å². The van der Waals surface area contributed by atoms with E-state index < -0.39 is 21.5 Å². The molecule has 1 fully saturated rings. The number of carbonyl (C=O) groups excluding carboxylic acids is 1. The molecule has 1 saturated heterocycles. The summed E-state index contributed by atoms with van der Waals surface area (Å²) in [6.07, 6.45) is 1.97. The molecule has 168 valence electrons. The molecule has 1 amide bonds. The molecule has 3 rings (SSSR count). The average Bonchev–Trinajstić information content (AvgIpc) is 2.67.